The van der Waals surface area contributed by atoms with Crippen LogP contribution in [0.2, 0.25) is 0 Å². The molecule has 0 aromatic heterocycles. The van der Waals surface area contributed by atoms with Gasteiger partial charge in [-0.2, -0.15) is 0 Å². The normalized spacial score (nSPS) is 10.3. The first-order valence-corrected chi connectivity index (χ1v) is 13.4. The van der Waals surface area contributed by atoms with Crippen LogP contribution in [-0.4, -0.2) is 39.0 Å². The standard InChI is InChI=1S/C7H18P2.2ClH.Pd/c1-8(2)6-5-7-9(3)4;;;/h5-7H2,1-4H3;2*1H;/q;;;+2. The Bertz CT molecular complexity index is 73.8. The molecule has 0 aromatic carbocycles. The van der Waals surface area contributed by atoms with Gasteiger partial charge in [0.1, 0.15) is 0 Å². The van der Waals surface area contributed by atoms with Gasteiger partial charge in [0.15, 0.2) is 0 Å². The van der Waals surface area contributed by atoms with Crippen molar-refractivity contribution in [3.05, 3.63) is 0 Å². The van der Waals surface area contributed by atoms with Gasteiger partial charge in [-0.15, -0.1) is 0 Å². The van der Waals surface area contributed by atoms with E-state index in [1.807, 2.05) is 0 Å². The molecule has 5 heteroatoms. The topological polar surface area (TPSA) is 0 Å². The molecule has 80 valence electrons. The Morgan fingerprint density at radius 1 is 0.917 bits per heavy atom. The monoisotopic (exact) mass is 342 g/mol. The van der Waals surface area contributed by atoms with Gasteiger partial charge in [-0.25, -0.2) is 0 Å². The average molecular weight is 344 g/mol. The van der Waals surface area contributed by atoms with Crippen molar-refractivity contribution < 1.29 is 15.9 Å². The van der Waals surface area contributed by atoms with Crippen LogP contribution in [0.4, 0.5) is 0 Å². The van der Waals surface area contributed by atoms with Crippen molar-refractivity contribution in [2.45, 2.75) is 6.42 Å². The summed E-state index contributed by atoms with van der Waals surface area (Å²) in [7, 11) is 9.80. The summed E-state index contributed by atoms with van der Waals surface area (Å²) in [5, 5.41) is 0. The van der Waals surface area contributed by atoms with Crippen LogP contribution in [0, 0.1) is 0 Å². The Hall–Kier alpha value is 2.10. The van der Waals surface area contributed by atoms with E-state index in [4.69, 9.17) is 19.1 Å². The van der Waals surface area contributed by atoms with Crippen molar-refractivity contribution in [1.29, 1.82) is 0 Å². The van der Waals surface area contributed by atoms with Gasteiger partial charge in [0.2, 0.25) is 0 Å². The molecule has 0 atom stereocenters. The first kappa shape index (κ1) is 16.5. The van der Waals surface area contributed by atoms with Crippen molar-refractivity contribution in [2.75, 3.05) is 39.0 Å². The number of hydrogen-bond acceptors (Lipinski definition) is 0. The third-order valence-electron chi connectivity index (χ3n) is 1.35. The minimum atomic E-state index is -0.106. The number of hydrogen-bond donors (Lipinski definition) is 0. The van der Waals surface area contributed by atoms with E-state index >= 15 is 0 Å². The second-order valence-corrected chi connectivity index (χ2v) is 11.5. The predicted octanol–water partition coefficient (Wildman–Crippen LogP) is 3.70. The molecule has 0 saturated carbocycles. The summed E-state index contributed by atoms with van der Waals surface area (Å²) < 4.78 is 0. The van der Waals surface area contributed by atoms with Crippen molar-refractivity contribution in [2.24, 2.45) is 0 Å². The molecule has 0 saturated heterocycles. The van der Waals surface area contributed by atoms with Crippen molar-refractivity contribution in [3.63, 3.8) is 0 Å². The van der Waals surface area contributed by atoms with Crippen LogP contribution in [0.3, 0.4) is 0 Å². The third kappa shape index (κ3) is 22.7. The van der Waals surface area contributed by atoms with Crippen LogP contribution in [-0.2, 0) is 15.9 Å². The van der Waals surface area contributed by atoms with Gasteiger partial charge in [-0.1, -0.05) is 0 Å². The number of rotatable bonds is 4. The van der Waals surface area contributed by atoms with Gasteiger partial charge in [-0.3, -0.25) is 0 Å². The fourth-order valence-corrected chi connectivity index (χ4v) is 2.92. The fraction of sp³-hybridized carbons (Fsp3) is 1.00. The van der Waals surface area contributed by atoms with Crippen LogP contribution in [0.1, 0.15) is 6.42 Å². The molecule has 0 amide bonds. The molecule has 0 aliphatic heterocycles. The zero-order valence-corrected chi connectivity index (χ0v) is 13.3. The maximum atomic E-state index is 4.81. The zero-order chi connectivity index (χ0) is 9.98. The number of halogens is 2. The molecular weight excluding hydrogens is 323 g/mol. The van der Waals surface area contributed by atoms with Crippen molar-refractivity contribution >= 4 is 34.9 Å². The molecule has 0 heterocycles. The zero-order valence-electron chi connectivity index (χ0n) is 8.19. The molecule has 0 N–H and O–H groups in total. The van der Waals surface area contributed by atoms with Gasteiger partial charge >= 0.3 is 35.0 Å². The molecule has 0 aliphatic rings. The third-order valence-corrected chi connectivity index (χ3v) is 4.06. The van der Waals surface area contributed by atoms with E-state index in [1.165, 1.54) is 18.7 Å². The van der Waals surface area contributed by atoms with Gasteiger partial charge in [-0.05, 0) is 15.8 Å². The summed E-state index contributed by atoms with van der Waals surface area (Å²) in [5.74, 6) is 0. The summed E-state index contributed by atoms with van der Waals surface area (Å²) in [6, 6.07) is 0. The fourth-order valence-electron chi connectivity index (χ4n) is 0.795. The molecule has 0 spiro atoms. The van der Waals surface area contributed by atoms with E-state index in [0.29, 0.717) is 0 Å². The van der Waals surface area contributed by atoms with E-state index < -0.39 is 0 Å². The summed E-state index contributed by atoms with van der Waals surface area (Å²) in [5.41, 5.74) is 0. The van der Waals surface area contributed by atoms with E-state index in [0.717, 1.165) is 0 Å². The van der Waals surface area contributed by atoms with Gasteiger partial charge in [0.05, 0.1) is 12.3 Å². The molecule has 0 unspecified atom stereocenters. The van der Waals surface area contributed by atoms with Crippen LogP contribution in [0.25, 0.3) is 0 Å². The Balaban J connectivity index is 0. The van der Waals surface area contributed by atoms with Gasteiger partial charge < -0.3 is 0 Å². The van der Waals surface area contributed by atoms with Crippen molar-refractivity contribution in [3.8, 4) is 0 Å². The van der Waals surface area contributed by atoms with E-state index in [9.17, 15) is 0 Å². The van der Waals surface area contributed by atoms with Crippen LogP contribution >= 0.6 is 34.9 Å². The van der Waals surface area contributed by atoms with Gasteiger partial charge in [0.25, 0.3) is 0 Å². The first-order valence-electron chi connectivity index (χ1n) is 3.95. The van der Waals surface area contributed by atoms with E-state index in [1.54, 1.807) is 0 Å². The average Bonchev–Trinajstić information content (AvgIpc) is 1.87. The Morgan fingerprint density at radius 3 is 1.33 bits per heavy atom. The molecule has 0 rings (SSSR count). The molecule has 0 nitrogen and oxygen atoms in total. The summed E-state index contributed by atoms with van der Waals surface area (Å²) in [6.07, 6.45) is 4.56. The summed E-state index contributed by atoms with van der Waals surface area (Å²) >= 11 is -0.106. The van der Waals surface area contributed by atoms with E-state index in [2.05, 4.69) is 26.7 Å². The Morgan fingerprint density at radius 2 is 1.17 bits per heavy atom. The van der Waals surface area contributed by atoms with Crippen LogP contribution < -0.4 is 0 Å². The second kappa shape index (κ2) is 13.1. The van der Waals surface area contributed by atoms with E-state index in [-0.39, 0.29) is 31.8 Å². The molecule has 0 bridgehead atoms. The molecular formula is C7H20Cl2P2Pd+2. The molecule has 0 aliphatic carbocycles. The summed E-state index contributed by atoms with van der Waals surface area (Å²) in [6.45, 7) is 9.62. The van der Waals surface area contributed by atoms with Crippen LogP contribution in [0.5, 0.6) is 0 Å². The Labute approximate surface area is 95.8 Å². The van der Waals surface area contributed by atoms with Gasteiger partial charge in [0, 0.05) is 33.1 Å². The Kier molecular flexibility index (Phi) is 18.0. The quantitative estimate of drug-likeness (QED) is 0.539. The molecule has 12 heavy (non-hydrogen) atoms. The minimum absolute atomic E-state index is 0.0860. The molecule has 0 fully saturated rings. The second-order valence-electron chi connectivity index (χ2n) is 3.31. The first-order chi connectivity index (χ1) is 5.54. The SMILES string of the molecule is C[PH+](C)CCC[PH+](C)C.[Cl][Pd][Cl]. The maximum absolute atomic E-state index is 4.81. The molecule has 0 radical (unpaired) electrons. The summed E-state index contributed by atoms with van der Waals surface area (Å²) in [4.78, 5) is 0. The van der Waals surface area contributed by atoms with Crippen molar-refractivity contribution in [1.82, 2.24) is 0 Å². The predicted molar refractivity (Wildman–Crippen MR) is 66.4 cm³/mol. The van der Waals surface area contributed by atoms with Crippen LogP contribution in [0.15, 0.2) is 0 Å². The molecule has 0 aromatic rings.